The maximum atomic E-state index is 12.6. The van der Waals surface area contributed by atoms with Gasteiger partial charge in [0.25, 0.3) is 5.91 Å². The Morgan fingerprint density at radius 1 is 1.05 bits per heavy atom. The number of rotatable bonds is 2. The first-order chi connectivity index (χ1) is 10.7. The van der Waals surface area contributed by atoms with Crippen LogP contribution in [0, 0.1) is 6.92 Å². The van der Waals surface area contributed by atoms with Gasteiger partial charge in [0.1, 0.15) is 0 Å². The van der Waals surface area contributed by atoms with Crippen LogP contribution >= 0.6 is 11.8 Å². The Morgan fingerprint density at radius 3 is 2.50 bits per heavy atom. The van der Waals surface area contributed by atoms with E-state index in [0.717, 1.165) is 30.8 Å². The summed E-state index contributed by atoms with van der Waals surface area (Å²) in [6, 6.07) is 18.5. The molecule has 0 aliphatic carbocycles. The molecule has 1 aliphatic heterocycles. The number of amides is 1. The van der Waals surface area contributed by atoms with E-state index in [4.69, 9.17) is 0 Å². The molecular weight excluding hydrogens is 290 g/mol. The van der Waals surface area contributed by atoms with Gasteiger partial charge >= 0.3 is 0 Å². The van der Waals surface area contributed by atoms with Gasteiger partial charge in [-0.05, 0) is 31.0 Å². The number of nitrogens with zero attached hydrogens (tertiary/aromatic N) is 1. The first kappa shape index (κ1) is 15.2. The van der Waals surface area contributed by atoms with Crippen molar-refractivity contribution in [1.82, 2.24) is 4.90 Å². The quantitative estimate of drug-likeness (QED) is 0.823. The molecule has 0 bridgehead atoms. The Hall–Kier alpha value is -1.74. The minimum atomic E-state index is 0.161. The van der Waals surface area contributed by atoms with Crippen molar-refractivity contribution in [2.45, 2.75) is 18.6 Å². The average molecular weight is 311 g/mol. The van der Waals surface area contributed by atoms with Crippen LogP contribution in [0.15, 0.2) is 54.6 Å². The zero-order chi connectivity index (χ0) is 15.4. The van der Waals surface area contributed by atoms with E-state index in [1.165, 1.54) is 11.1 Å². The van der Waals surface area contributed by atoms with Crippen molar-refractivity contribution in [3.63, 3.8) is 0 Å². The molecule has 3 heteroatoms. The standard InChI is InChI=1S/C19H21NOS/c1-15-7-9-17(10-8-15)19(21)20-12-11-18(22-14-13-20)16-5-3-2-4-6-16/h2-10,18H,11-14H2,1H3. The van der Waals surface area contributed by atoms with Crippen LogP contribution in [-0.4, -0.2) is 29.6 Å². The second-order valence-corrected chi connectivity index (χ2v) is 7.03. The second kappa shape index (κ2) is 7.01. The number of hydrogen-bond donors (Lipinski definition) is 0. The average Bonchev–Trinajstić information content (AvgIpc) is 2.82. The molecule has 22 heavy (non-hydrogen) atoms. The van der Waals surface area contributed by atoms with Gasteiger partial charge in [0.2, 0.25) is 0 Å². The molecule has 1 aliphatic rings. The Kier molecular flexibility index (Phi) is 4.84. The smallest absolute Gasteiger partial charge is 0.253 e. The normalized spacial score (nSPS) is 18.8. The molecule has 1 saturated heterocycles. The van der Waals surface area contributed by atoms with E-state index in [9.17, 15) is 4.79 Å². The Balaban J connectivity index is 1.67. The first-order valence-corrected chi connectivity index (χ1v) is 8.81. The molecule has 1 fully saturated rings. The lowest BCUT2D eigenvalue weighted by molar-refractivity contribution is 0.0766. The van der Waals surface area contributed by atoms with Gasteiger partial charge in [0, 0.05) is 29.7 Å². The Labute approximate surface area is 136 Å². The monoisotopic (exact) mass is 311 g/mol. The number of thioether (sulfide) groups is 1. The molecule has 2 nitrogen and oxygen atoms in total. The van der Waals surface area contributed by atoms with Crippen LogP contribution in [0.5, 0.6) is 0 Å². The van der Waals surface area contributed by atoms with Gasteiger partial charge in [-0.1, -0.05) is 48.0 Å². The van der Waals surface area contributed by atoms with E-state index in [1.807, 2.05) is 47.9 Å². The van der Waals surface area contributed by atoms with E-state index in [-0.39, 0.29) is 5.91 Å². The molecule has 2 aromatic rings. The van der Waals surface area contributed by atoms with E-state index in [1.54, 1.807) is 0 Å². The molecule has 1 amide bonds. The minimum absolute atomic E-state index is 0.161. The summed E-state index contributed by atoms with van der Waals surface area (Å²) in [6.07, 6.45) is 1.02. The Morgan fingerprint density at radius 2 is 1.77 bits per heavy atom. The number of aryl methyl sites for hydroxylation is 1. The maximum absolute atomic E-state index is 12.6. The summed E-state index contributed by atoms with van der Waals surface area (Å²) < 4.78 is 0. The highest BCUT2D eigenvalue weighted by Gasteiger charge is 2.22. The number of carbonyl (C=O) groups is 1. The topological polar surface area (TPSA) is 20.3 Å². The van der Waals surface area contributed by atoms with Crippen molar-refractivity contribution in [2.75, 3.05) is 18.8 Å². The summed E-state index contributed by atoms with van der Waals surface area (Å²) in [6.45, 7) is 3.71. The SMILES string of the molecule is Cc1ccc(C(=O)N2CCSC(c3ccccc3)CC2)cc1. The summed E-state index contributed by atoms with van der Waals surface area (Å²) in [5, 5.41) is 0.497. The van der Waals surface area contributed by atoms with Gasteiger partial charge in [-0.25, -0.2) is 0 Å². The zero-order valence-electron chi connectivity index (χ0n) is 12.9. The fourth-order valence-electron chi connectivity index (χ4n) is 2.79. The second-order valence-electron chi connectivity index (χ2n) is 5.72. The highest BCUT2D eigenvalue weighted by atomic mass is 32.2. The molecule has 3 rings (SSSR count). The number of benzene rings is 2. The highest BCUT2D eigenvalue weighted by Crippen LogP contribution is 2.34. The lowest BCUT2D eigenvalue weighted by Gasteiger charge is -2.20. The van der Waals surface area contributed by atoms with Crippen molar-refractivity contribution in [2.24, 2.45) is 0 Å². The third-order valence-corrected chi connectivity index (χ3v) is 5.43. The van der Waals surface area contributed by atoms with E-state index in [0.29, 0.717) is 5.25 Å². The molecule has 1 unspecified atom stereocenters. The summed E-state index contributed by atoms with van der Waals surface area (Å²) >= 11 is 1.96. The third-order valence-electron chi connectivity index (χ3n) is 4.10. The molecule has 0 radical (unpaired) electrons. The van der Waals surface area contributed by atoms with Gasteiger partial charge in [0.05, 0.1) is 0 Å². The molecule has 1 heterocycles. The lowest BCUT2D eigenvalue weighted by atomic mass is 10.1. The van der Waals surface area contributed by atoms with E-state index in [2.05, 4.69) is 30.3 Å². The molecular formula is C19H21NOS. The molecule has 0 aromatic heterocycles. The third kappa shape index (κ3) is 3.53. The van der Waals surface area contributed by atoms with Crippen molar-refractivity contribution >= 4 is 17.7 Å². The van der Waals surface area contributed by atoms with Crippen LogP contribution in [0.4, 0.5) is 0 Å². The van der Waals surface area contributed by atoms with Crippen LogP contribution in [-0.2, 0) is 0 Å². The molecule has 2 aromatic carbocycles. The summed E-state index contributed by atoms with van der Waals surface area (Å²) in [7, 11) is 0. The summed E-state index contributed by atoms with van der Waals surface area (Å²) in [5.41, 5.74) is 3.36. The minimum Gasteiger partial charge on any atom is -0.338 e. The molecule has 0 spiro atoms. The van der Waals surface area contributed by atoms with Gasteiger partial charge in [-0.2, -0.15) is 11.8 Å². The van der Waals surface area contributed by atoms with Crippen LogP contribution in [0.2, 0.25) is 0 Å². The molecule has 0 saturated carbocycles. The predicted octanol–water partition coefficient (Wildman–Crippen LogP) is 4.32. The molecule has 1 atom stereocenters. The molecule has 114 valence electrons. The van der Waals surface area contributed by atoms with Crippen LogP contribution in [0.1, 0.15) is 33.2 Å². The van der Waals surface area contributed by atoms with Crippen molar-refractivity contribution in [3.05, 3.63) is 71.3 Å². The number of carbonyl (C=O) groups excluding carboxylic acids is 1. The largest absolute Gasteiger partial charge is 0.338 e. The van der Waals surface area contributed by atoms with Crippen LogP contribution in [0.25, 0.3) is 0 Å². The highest BCUT2D eigenvalue weighted by molar-refractivity contribution is 7.99. The zero-order valence-corrected chi connectivity index (χ0v) is 13.7. The maximum Gasteiger partial charge on any atom is 0.253 e. The summed E-state index contributed by atoms with van der Waals surface area (Å²) in [4.78, 5) is 14.6. The van der Waals surface area contributed by atoms with Crippen molar-refractivity contribution in [3.8, 4) is 0 Å². The summed E-state index contributed by atoms with van der Waals surface area (Å²) in [5.74, 6) is 1.16. The van der Waals surface area contributed by atoms with Crippen molar-refractivity contribution in [1.29, 1.82) is 0 Å². The molecule has 0 N–H and O–H groups in total. The van der Waals surface area contributed by atoms with E-state index < -0.39 is 0 Å². The fraction of sp³-hybridized carbons (Fsp3) is 0.316. The predicted molar refractivity (Wildman–Crippen MR) is 93.3 cm³/mol. The van der Waals surface area contributed by atoms with E-state index >= 15 is 0 Å². The Bertz CT molecular complexity index is 624. The van der Waals surface area contributed by atoms with Crippen LogP contribution < -0.4 is 0 Å². The van der Waals surface area contributed by atoms with Gasteiger partial charge in [-0.15, -0.1) is 0 Å². The van der Waals surface area contributed by atoms with Gasteiger partial charge in [-0.3, -0.25) is 4.79 Å². The van der Waals surface area contributed by atoms with Crippen LogP contribution in [0.3, 0.4) is 0 Å². The number of hydrogen-bond acceptors (Lipinski definition) is 2. The first-order valence-electron chi connectivity index (χ1n) is 7.76. The van der Waals surface area contributed by atoms with Crippen molar-refractivity contribution < 1.29 is 4.79 Å². The van der Waals surface area contributed by atoms with Gasteiger partial charge < -0.3 is 4.90 Å². The van der Waals surface area contributed by atoms with Gasteiger partial charge in [0.15, 0.2) is 0 Å². The fourth-order valence-corrected chi connectivity index (χ4v) is 4.02. The lowest BCUT2D eigenvalue weighted by Crippen LogP contribution is -2.32.